The van der Waals surface area contributed by atoms with E-state index in [1.54, 1.807) is 0 Å². The van der Waals surface area contributed by atoms with Crippen molar-refractivity contribution >= 4 is 39.6 Å². The van der Waals surface area contributed by atoms with Gasteiger partial charge < -0.3 is 10.3 Å². The molecule has 104 valence electrons. The highest BCUT2D eigenvalue weighted by Crippen LogP contribution is 2.27. The molecular formula is C15H22IN3. The first-order chi connectivity index (χ1) is 8.99. The summed E-state index contributed by atoms with van der Waals surface area (Å²) < 4.78 is 3.37. The fraction of sp³-hybridized carbons (Fsp3) is 0.533. The van der Waals surface area contributed by atoms with E-state index in [-0.39, 0.29) is 0 Å². The van der Waals surface area contributed by atoms with Gasteiger partial charge in [-0.2, -0.15) is 0 Å². The highest BCUT2D eigenvalue weighted by molar-refractivity contribution is 14.1. The van der Waals surface area contributed by atoms with Gasteiger partial charge in [-0.3, -0.25) is 0 Å². The molecule has 0 aliphatic rings. The maximum absolute atomic E-state index is 6.09. The van der Waals surface area contributed by atoms with Crippen LogP contribution in [0.25, 0.3) is 11.0 Å². The summed E-state index contributed by atoms with van der Waals surface area (Å²) in [5.74, 6) is 1.40. The number of hydrogen-bond acceptors (Lipinski definition) is 2. The van der Waals surface area contributed by atoms with Gasteiger partial charge >= 0.3 is 0 Å². The van der Waals surface area contributed by atoms with Gasteiger partial charge in [0, 0.05) is 9.61 Å². The zero-order valence-corrected chi connectivity index (χ0v) is 14.0. The Morgan fingerprint density at radius 2 is 2.00 bits per heavy atom. The van der Waals surface area contributed by atoms with E-state index < -0.39 is 0 Å². The van der Waals surface area contributed by atoms with Gasteiger partial charge in [0.25, 0.3) is 0 Å². The van der Waals surface area contributed by atoms with Crippen LogP contribution in [0, 0.1) is 9.49 Å². The predicted molar refractivity (Wildman–Crippen MR) is 90.3 cm³/mol. The van der Waals surface area contributed by atoms with E-state index in [0.717, 1.165) is 23.4 Å². The summed E-state index contributed by atoms with van der Waals surface area (Å²) in [5, 5.41) is 0. The highest BCUT2D eigenvalue weighted by atomic mass is 127. The zero-order valence-electron chi connectivity index (χ0n) is 11.9. The van der Waals surface area contributed by atoms with Crippen molar-refractivity contribution in [1.82, 2.24) is 9.55 Å². The number of nitrogen functional groups attached to an aromatic ring is 1. The fourth-order valence-corrected chi connectivity index (χ4v) is 2.98. The van der Waals surface area contributed by atoms with Crippen LogP contribution in [0.2, 0.25) is 0 Å². The normalized spacial score (nSPS) is 13.3. The van der Waals surface area contributed by atoms with Gasteiger partial charge in [-0.05, 0) is 60.1 Å². The predicted octanol–water partition coefficient (Wildman–Crippen LogP) is 4.61. The molecule has 19 heavy (non-hydrogen) atoms. The molecule has 0 amide bonds. The Morgan fingerprint density at radius 1 is 1.26 bits per heavy atom. The molecule has 2 rings (SSSR count). The van der Waals surface area contributed by atoms with Crippen molar-refractivity contribution in [3.63, 3.8) is 0 Å². The summed E-state index contributed by atoms with van der Waals surface area (Å²) in [6.45, 7) is 6.77. The van der Waals surface area contributed by atoms with E-state index in [0.29, 0.717) is 12.0 Å². The van der Waals surface area contributed by atoms with Crippen LogP contribution in [0.15, 0.2) is 18.2 Å². The lowest BCUT2D eigenvalue weighted by atomic mass is 10.0. The van der Waals surface area contributed by atoms with E-state index in [4.69, 9.17) is 5.73 Å². The van der Waals surface area contributed by atoms with Crippen molar-refractivity contribution in [2.75, 3.05) is 5.73 Å². The number of rotatable bonds is 5. The quantitative estimate of drug-likeness (QED) is 0.780. The number of aromatic nitrogens is 2. The molecule has 1 aromatic carbocycles. The molecule has 0 aliphatic carbocycles. The average Bonchev–Trinajstić information content (AvgIpc) is 2.63. The number of nitrogens with two attached hydrogens (primary N) is 1. The van der Waals surface area contributed by atoms with Gasteiger partial charge in [0.15, 0.2) is 0 Å². The minimum atomic E-state index is 0.406. The summed E-state index contributed by atoms with van der Waals surface area (Å²) in [6.07, 6.45) is 3.66. The van der Waals surface area contributed by atoms with Crippen molar-refractivity contribution < 1.29 is 0 Å². The van der Waals surface area contributed by atoms with Crippen molar-refractivity contribution in [3.05, 3.63) is 21.8 Å². The lowest BCUT2D eigenvalue weighted by Crippen LogP contribution is -2.09. The van der Waals surface area contributed by atoms with E-state index in [2.05, 4.69) is 71.1 Å². The molecular weight excluding hydrogens is 349 g/mol. The van der Waals surface area contributed by atoms with Crippen LogP contribution < -0.4 is 5.73 Å². The summed E-state index contributed by atoms with van der Waals surface area (Å²) in [6, 6.07) is 6.73. The topological polar surface area (TPSA) is 43.8 Å². The molecule has 0 saturated heterocycles. The van der Waals surface area contributed by atoms with Gasteiger partial charge in [-0.1, -0.05) is 26.7 Å². The average molecular weight is 371 g/mol. The number of imidazole rings is 1. The molecule has 2 aromatic rings. The minimum Gasteiger partial charge on any atom is -0.369 e. The van der Waals surface area contributed by atoms with Crippen LogP contribution in [-0.2, 0) is 0 Å². The third-order valence-corrected chi connectivity index (χ3v) is 4.19. The van der Waals surface area contributed by atoms with Crippen LogP contribution in [0.1, 0.15) is 46.1 Å². The van der Waals surface area contributed by atoms with Crippen molar-refractivity contribution in [2.45, 2.75) is 46.1 Å². The second-order valence-corrected chi connectivity index (χ2v) is 6.89. The van der Waals surface area contributed by atoms with Crippen LogP contribution in [0.5, 0.6) is 0 Å². The molecule has 0 radical (unpaired) electrons. The molecule has 0 bridgehead atoms. The number of hydrogen-bond donors (Lipinski definition) is 1. The molecule has 3 nitrogen and oxygen atoms in total. The van der Waals surface area contributed by atoms with Gasteiger partial charge in [-0.15, -0.1) is 0 Å². The Balaban J connectivity index is 2.21. The van der Waals surface area contributed by atoms with E-state index >= 15 is 0 Å². The standard InChI is InChI=1S/C15H22IN3/c1-10(2)5-4-6-11(3)19-14-8-7-12(16)9-13(14)18-15(19)17/h7-11H,4-6H2,1-3H3,(H2,17,18). The molecule has 1 unspecified atom stereocenters. The van der Waals surface area contributed by atoms with Gasteiger partial charge in [0.1, 0.15) is 0 Å². The molecule has 2 N–H and O–H groups in total. The lowest BCUT2D eigenvalue weighted by Gasteiger charge is -2.16. The lowest BCUT2D eigenvalue weighted by molar-refractivity contribution is 0.457. The minimum absolute atomic E-state index is 0.406. The second-order valence-electron chi connectivity index (χ2n) is 5.65. The van der Waals surface area contributed by atoms with Crippen LogP contribution in [0.3, 0.4) is 0 Å². The van der Waals surface area contributed by atoms with Gasteiger partial charge in [0.2, 0.25) is 5.95 Å². The van der Waals surface area contributed by atoms with Crippen LogP contribution >= 0.6 is 22.6 Å². The smallest absolute Gasteiger partial charge is 0.201 e. The molecule has 1 heterocycles. The van der Waals surface area contributed by atoms with Gasteiger partial charge in [-0.25, -0.2) is 4.98 Å². The maximum atomic E-state index is 6.09. The largest absolute Gasteiger partial charge is 0.369 e. The number of fused-ring (bicyclic) bond motifs is 1. The Labute approximate surface area is 128 Å². The van der Waals surface area contributed by atoms with E-state index in [1.165, 1.54) is 16.4 Å². The van der Waals surface area contributed by atoms with Crippen molar-refractivity contribution in [2.24, 2.45) is 5.92 Å². The summed E-state index contributed by atoms with van der Waals surface area (Å²) in [5.41, 5.74) is 8.23. The SMILES string of the molecule is CC(C)CCCC(C)n1c(N)nc2cc(I)ccc21. The Bertz CT molecular complexity index is 560. The Hall–Kier alpha value is -0.780. The first-order valence-electron chi connectivity index (χ1n) is 6.92. The molecule has 0 spiro atoms. The number of benzene rings is 1. The first-order valence-corrected chi connectivity index (χ1v) is 8.00. The summed E-state index contributed by atoms with van der Waals surface area (Å²) >= 11 is 2.31. The summed E-state index contributed by atoms with van der Waals surface area (Å²) in [7, 11) is 0. The first kappa shape index (κ1) is 14.6. The summed E-state index contributed by atoms with van der Waals surface area (Å²) in [4.78, 5) is 4.47. The second kappa shape index (κ2) is 6.11. The molecule has 1 aromatic heterocycles. The van der Waals surface area contributed by atoms with Gasteiger partial charge in [0.05, 0.1) is 11.0 Å². The molecule has 0 aliphatic heterocycles. The monoisotopic (exact) mass is 371 g/mol. The fourth-order valence-electron chi connectivity index (χ4n) is 2.50. The molecule has 4 heteroatoms. The number of anilines is 1. The zero-order chi connectivity index (χ0) is 14.0. The van der Waals surface area contributed by atoms with E-state index in [1.807, 2.05) is 0 Å². The number of nitrogens with zero attached hydrogens (tertiary/aromatic N) is 2. The van der Waals surface area contributed by atoms with Crippen molar-refractivity contribution in [1.29, 1.82) is 0 Å². The maximum Gasteiger partial charge on any atom is 0.201 e. The molecule has 1 atom stereocenters. The third-order valence-electron chi connectivity index (χ3n) is 3.52. The molecule has 0 fully saturated rings. The Kier molecular flexibility index (Phi) is 4.71. The van der Waals surface area contributed by atoms with Crippen LogP contribution in [0.4, 0.5) is 5.95 Å². The highest BCUT2D eigenvalue weighted by Gasteiger charge is 2.14. The molecule has 0 saturated carbocycles. The third kappa shape index (κ3) is 3.41. The number of halogens is 1. The Morgan fingerprint density at radius 3 is 2.68 bits per heavy atom. The van der Waals surface area contributed by atoms with E-state index in [9.17, 15) is 0 Å². The van der Waals surface area contributed by atoms with Crippen LogP contribution in [-0.4, -0.2) is 9.55 Å². The van der Waals surface area contributed by atoms with Crippen molar-refractivity contribution in [3.8, 4) is 0 Å².